The van der Waals surface area contributed by atoms with Crippen molar-refractivity contribution in [3.05, 3.63) is 94.5 Å². The molecule has 0 radical (unpaired) electrons. The molecule has 0 aliphatic rings. The van der Waals surface area contributed by atoms with Gasteiger partial charge in [0.2, 0.25) is 11.6 Å². The van der Waals surface area contributed by atoms with E-state index in [-0.39, 0.29) is 16.9 Å². The van der Waals surface area contributed by atoms with Gasteiger partial charge in [-0.15, -0.1) is 0 Å². The van der Waals surface area contributed by atoms with E-state index in [1.165, 1.54) is 30.5 Å². The molecule has 3 aromatic carbocycles. The highest BCUT2D eigenvalue weighted by Gasteiger charge is 2.69. The number of methoxy groups -OCH3 is 1. The van der Waals surface area contributed by atoms with Crippen molar-refractivity contribution >= 4 is 33.3 Å². The lowest BCUT2D eigenvalue weighted by Crippen LogP contribution is -2.71. The zero-order valence-corrected chi connectivity index (χ0v) is 26.7. The summed E-state index contributed by atoms with van der Waals surface area (Å²) in [6.07, 6.45) is 1.17. The fourth-order valence-corrected chi connectivity index (χ4v) is 5.12. The van der Waals surface area contributed by atoms with Crippen LogP contribution < -0.4 is 15.2 Å². The number of rotatable bonds is 13. The molecule has 14 heteroatoms. The van der Waals surface area contributed by atoms with Crippen LogP contribution in [0.2, 0.25) is 0 Å². The van der Waals surface area contributed by atoms with E-state index in [4.69, 9.17) is 15.2 Å². The number of hydrogen-bond donors (Lipinski definition) is 5. The SMILES string of the molecule is CCOc1cc(C(N)CS(C)(=O)=O)ccc1OC.Cc1ccc(C(=O)C(O)(C(=O)O)C(O)(C(=O)O)C(=O)c2ccc(C)cc2)cc1. The number of carbonyl (C=O) groups is 4. The number of carboxylic acids is 2. The van der Waals surface area contributed by atoms with E-state index in [0.29, 0.717) is 34.8 Å². The van der Waals surface area contributed by atoms with Crippen LogP contribution in [0.3, 0.4) is 0 Å². The molecule has 6 N–H and O–H groups in total. The number of aliphatic hydroxyl groups is 2. The summed E-state index contributed by atoms with van der Waals surface area (Å²) >= 11 is 0. The summed E-state index contributed by atoms with van der Waals surface area (Å²) in [6.45, 7) is 5.74. The lowest BCUT2D eigenvalue weighted by molar-refractivity contribution is -0.187. The predicted octanol–water partition coefficient (Wildman–Crippen LogP) is 2.14. The van der Waals surface area contributed by atoms with E-state index in [1.807, 2.05) is 6.92 Å². The first-order valence-corrected chi connectivity index (χ1v) is 15.8. The van der Waals surface area contributed by atoms with Gasteiger partial charge < -0.3 is 35.6 Å². The van der Waals surface area contributed by atoms with Crippen LogP contribution in [0, 0.1) is 13.8 Å². The van der Waals surface area contributed by atoms with E-state index in [9.17, 15) is 48.0 Å². The minimum atomic E-state index is -3.96. The third-order valence-electron chi connectivity index (χ3n) is 6.83. The minimum Gasteiger partial charge on any atom is -0.493 e. The largest absolute Gasteiger partial charge is 0.493 e. The lowest BCUT2D eigenvalue weighted by Gasteiger charge is -2.34. The van der Waals surface area contributed by atoms with Crippen molar-refractivity contribution in [3.63, 3.8) is 0 Å². The molecule has 3 unspecified atom stereocenters. The highest BCUT2D eigenvalue weighted by Crippen LogP contribution is 2.32. The van der Waals surface area contributed by atoms with Crippen molar-refractivity contribution < 1.29 is 57.5 Å². The predicted molar refractivity (Wildman–Crippen MR) is 167 cm³/mol. The number of aliphatic carboxylic acids is 2. The summed E-state index contributed by atoms with van der Waals surface area (Å²) < 4.78 is 33.0. The number of sulfone groups is 1. The zero-order chi connectivity index (χ0) is 35.0. The fourth-order valence-electron chi connectivity index (χ4n) is 4.27. The monoisotopic (exact) mass is 659 g/mol. The molecule has 0 heterocycles. The van der Waals surface area contributed by atoms with Crippen molar-refractivity contribution in [2.45, 2.75) is 38.0 Å². The molecule has 0 aliphatic carbocycles. The normalized spacial score (nSPS) is 14.3. The number of aryl methyl sites for hydroxylation is 2. The molecule has 0 saturated heterocycles. The Labute approximate surface area is 266 Å². The molecule has 0 spiro atoms. The Morgan fingerprint density at radius 3 is 1.52 bits per heavy atom. The number of ether oxygens (including phenoxy) is 2. The van der Waals surface area contributed by atoms with Crippen LogP contribution in [0.25, 0.3) is 0 Å². The quantitative estimate of drug-likeness (QED) is 0.131. The van der Waals surface area contributed by atoms with E-state index in [2.05, 4.69) is 0 Å². The van der Waals surface area contributed by atoms with Gasteiger partial charge in [0.25, 0.3) is 11.2 Å². The van der Waals surface area contributed by atoms with Gasteiger partial charge in [-0.1, -0.05) is 65.7 Å². The van der Waals surface area contributed by atoms with Gasteiger partial charge >= 0.3 is 11.9 Å². The lowest BCUT2D eigenvalue weighted by atomic mass is 9.73. The smallest absolute Gasteiger partial charge is 0.348 e. The van der Waals surface area contributed by atoms with Gasteiger partial charge in [0.05, 0.1) is 19.5 Å². The van der Waals surface area contributed by atoms with Gasteiger partial charge in [0, 0.05) is 23.4 Å². The van der Waals surface area contributed by atoms with Gasteiger partial charge in [-0.2, -0.15) is 0 Å². The molecule has 0 saturated carbocycles. The number of carboxylic acid groups (broad SMARTS) is 2. The van der Waals surface area contributed by atoms with Crippen LogP contribution in [0.4, 0.5) is 0 Å². The first-order chi connectivity index (χ1) is 21.3. The van der Waals surface area contributed by atoms with Gasteiger partial charge in [-0.25, -0.2) is 18.0 Å². The maximum Gasteiger partial charge on any atom is 0.348 e. The summed E-state index contributed by atoms with van der Waals surface area (Å²) in [7, 11) is -1.56. The van der Waals surface area contributed by atoms with Gasteiger partial charge in [-0.3, -0.25) is 9.59 Å². The third-order valence-corrected chi connectivity index (χ3v) is 7.79. The molecule has 248 valence electrons. The second-order valence-corrected chi connectivity index (χ2v) is 12.6. The first kappa shape index (κ1) is 37.6. The molecular formula is C32H37NO12S. The van der Waals surface area contributed by atoms with Crippen molar-refractivity contribution in [1.82, 2.24) is 0 Å². The molecule has 0 bridgehead atoms. The molecule has 0 aromatic heterocycles. The van der Waals surface area contributed by atoms with Crippen molar-refractivity contribution in [2.75, 3.05) is 25.7 Å². The van der Waals surface area contributed by atoms with Crippen molar-refractivity contribution in [3.8, 4) is 11.5 Å². The van der Waals surface area contributed by atoms with Crippen LogP contribution >= 0.6 is 0 Å². The molecule has 0 aliphatic heterocycles. The second-order valence-electron chi connectivity index (χ2n) is 10.5. The van der Waals surface area contributed by atoms with Crippen LogP contribution in [0.1, 0.15) is 50.4 Å². The van der Waals surface area contributed by atoms with Crippen LogP contribution in [-0.4, -0.2) is 89.3 Å². The summed E-state index contributed by atoms with van der Waals surface area (Å²) in [6, 6.07) is 15.0. The second kappa shape index (κ2) is 15.1. The average Bonchev–Trinajstić information content (AvgIpc) is 2.99. The number of benzene rings is 3. The number of ketones is 2. The maximum absolute atomic E-state index is 12.8. The van der Waals surface area contributed by atoms with E-state index >= 15 is 0 Å². The number of Topliss-reactive ketones (excluding diaryl/α,β-unsaturated/α-hetero) is 2. The summed E-state index contributed by atoms with van der Waals surface area (Å²) in [5.41, 5.74) is -0.699. The third kappa shape index (κ3) is 8.34. The topological polar surface area (TPSA) is 228 Å². The van der Waals surface area contributed by atoms with E-state index < -0.39 is 50.6 Å². The van der Waals surface area contributed by atoms with Gasteiger partial charge in [-0.05, 0) is 38.5 Å². The van der Waals surface area contributed by atoms with Crippen LogP contribution in [0.5, 0.6) is 11.5 Å². The molecule has 3 rings (SSSR count). The summed E-state index contributed by atoms with van der Waals surface area (Å²) in [5.74, 6) is -6.93. The molecule has 3 atom stereocenters. The van der Waals surface area contributed by atoms with Crippen molar-refractivity contribution in [1.29, 1.82) is 0 Å². The number of hydrogen-bond acceptors (Lipinski definition) is 11. The Morgan fingerprint density at radius 2 is 1.20 bits per heavy atom. The fraction of sp³-hybridized carbons (Fsp3) is 0.312. The highest BCUT2D eigenvalue weighted by molar-refractivity contribution is 7.90. The molecule has 0 fully saturated rings. The van der Waals surface area contributed by atoms with E-state index in [1.54, 1.807) is 39.2 Å². The highest BCUT2D eigenvalue weighted by atomic mass is 32.2. The Morgan fingerprint density at radius 1 is 0.783 bits per heavy atom. The molecule has 0 amide bonds. The maximum atomic E-state index is 12.8. The Hall–Kier alpha value is -4.63. The first-order valence-electron chi connectivity index (χ1n) is 13.7. The zero-order valence-electron chi connectivity index (χ0n) is 25.9. The van der Waals surface area contributed by atoms with Crippen LogP contribution in [-0.2, 0) is 19.4 Å². The van der Waals surface area contributed by atoms with Crippen LogP contribution in [0.15, 0.2) is 66.7 Å². The number of carbonyl (C=O) groups excluding carboxylic acids is 2. The minimum absolute atomic E-state index is 0.0924. The average molecular weight is 660 g/mol. The standard InChI is InChI=1S/C20H18O8.C12H19NO4S/c1-11-3-7-13(8-4-11)15(21)19(27,17(23)24)20(28,18(25)26)16(22)14-9-5-12(2)6-10-14;1-4-17-12-7-9(5-6-11(12)16-2)10(13)8-18(3,14)15/h3-10,27-28H,1-2H3,(H,23,24)(H,25,26);5-7,10H,4,8,13H2,1-3H3. The summed E-state index contributed by atoms with van der Waals surface area (Å²) in [5, 5.41) is 40.3. The Bertz CT molecular complexity index is 1610. The van der Waals surface area contributed by atoms with Crippen molar-refractivity contribution in [2.24, 2.45) is 5.73 Å². The molecule has 13 nitrogen and oxygen atoms in total. The van der Waals surface area contributed by atoms with E-state index in [0.717, 1.165) is 24.3 Å². The van der Waals surface area contributed by atoms with Gasteiger partial charge in [0.1, 0.15) is 9.84 Å². The Kier molecular flexibility index (Phi) is 12.3. The van der Waals surface area contributed by atoms with Gasteiger partial charge in [0.15, 0.2) is 11.5 Å². The number of nitrogens with two attached hydrogens (primary N) is 1. The molecule has 3 aromatic rings. The summed E-state index contributed by atoms with van der Waals surface area (Å²) in [4.78, 5) is 49.1. The molecular weight excluding hydrogens is 622 g/mol. The Balaban J connectivity index is 0.000000353. The molecule has 46 heavy (non-hydrogen) atoms.